The second-order valence-corrected chi connectivity index (χ2v) is 8.76. The molecule has 0 saturated carbocycles. The minimum atomic E-state index is -0.322. The molecule has 0 atom stereocenters. The second-order valence-electron chi connectivity index (χ2n) is 8.76. The molecule has 1 saturated heterocycles. The molecule has 0 radical (unpaired) electrons. The first-order valence-corrected chi connectivity index (χ1v) is 10.2. The number of likely N-dealkylation sites (N-methyl/N-ethyl adjacent to an activating group) is 1. The first-order valence-electron chi connectivity index (χ1n) is 10.2. The van der Waals surface area contributed by atoms with Gasteiger partial charge in [0.1, 0.15) is 5.58 Å². The molecule has 162 valence electrons. The first kappa shape index (κ1) is 21.8. The minimum Gasteiger partial charge on any atom is -0.451 e. The lowest BCUT2D eigenvalue weighted by atomic mass is 10.1. The molecule has 0 spiro atoms. The number of fused-ring (bicyclic) bond motifs is 1. The Hall–Kier alpha value is -2.87. The summed E-state index contributed by atoms with van der Waals surface area (Å²) in [7, 11) is 1.60. The van der Waals surface area contributed by atoms with E-state index in [9.17, 15) is 14.4 Å². The van der Waals surface area contributed by atoms with Gasteiger partial charge in [-0.25, -0.2) is 0 Å². The highest BCUT2D eigenvalue weighted by Gasteiger charge is 2.26. The van der Waals surface area contributed by atoms with Crippen molar-refractivity contribution in [2.75, 3.05) is 46.3 Å². The molecule has 1 aromatic carbocycles. The number of piperazine rings is 1. The molecule has 0 aliphatic carbocycles. The maximum absolute atomic E-state index is 12.6. The standard InChI is InChI=1S/C22H30N4O4/c1-22(2,3)23-19(27)14-25-9-11-26(12-10-25)20(28)15-24(4)21(29)18-13-16-7-5-6-8-17(16)30-18/h5-8,13H,9-12,14-15H2,1-4H3,(H,23,27). The second kappa shape index (κ2) is 8.87. The van der Waals surface area contributed by atoms with Crippen LogP contribution in [0.2, 0.25) is 0 Å². The van der Waals surface area contributed by atoms with Gasteiger partial charge in [0, 0.05) is 44.2 Å². The average Bonchev–Trinajstić information content (AvgIpc) is 3.10. The summed E-state index contributed by atoms with van der Waals surface area (Å²) in [5.41, 5.74) is 0.387. The van der Waals surface area contributed by atoms with Crippen LogP contribution in [0.25, 0.3) is 11.0 Å². The Balaban J connectivity index is 1.48. The van der Waals surface area contributed by atoms with Crippen LogP contribution < -0.4 is 5.32 Å². The number of benzene rings is 1. The van der Waals surface area contributed by atoms with Crippen LogP contribution in [0, 0.1) is 0 Å². The molecule has 30 heavy (non-hydrogen) atoms. The van der Waals surface area contributed by atoms with E-state index in [0.29, 0.717) is 38.3 Å². The Bertz CT molecular complexity index is 890. The molecule has 1 aromatic heterocycles. The van der Waals surface area contributed by atoms with Crippen LogP contribution in [0.15, 0.2) is 34.7 Å². The van der Waals surface area contributed by atoms with Crippen molar-refractivity contribution >= 4 is 28.7 Å². The molecule has 1 aliphatic rings. The van der Waals surface area contributed by atoms with Gasteiger partial charge in [-0.2, -0.15) is 0 Å². The van der Waals surface area contributed by atoms with E-state index >= 15 is 0 Å². The molecule has 0 bridgehead atoms. The van der Waals surface area contributed by atoms with Gasteiger partial charge in [-0.15, -0.1) is 0 Å². The Morgan fingerprint density at radius 3 is 2.40 bits per heavy atom. The largest absolute Gasteiger partial charge is 0.451 e. The fourth-order valence-electron chi connectivity index (χ4n) is 3.47. The molecule has 2 heterocycles. The van der Waals surface area contributed by atoms with Gasteiger partial charge < -0.3 is 19.5 Å². The van der Waals surface area contributed by atoms with Crippen molar-refractivity contribution in [2.45, 2.75) is 26.3 Å². The number of nitrogens with zero attached hydrogens (tertiary/aromatic N) is 3. The third-order valence-corrected chi connectivity index (χ3v) is 4.96. The van der Waals surface area contributed by atoms with Crippen LogP contribution >= 0.6 is 0 Å². The van der Waals surface area contributed by atoms with Gasteiger partial charge >= 0.3 is 0 Å². The summed E-state index contributed by atoms with van der Waals surface area (Å²) in [5.74, 6) is -0.225. The molecule has 1 fully saturated rings. The van der Waals surface area contributed by atoms with E-state index in [1.807, 2.05) is 43.9 Å². The predicted octanol–water partition coefficient (Wildman–Crippen LogP) is 1.56. The fourth-order valence-corrected chi connectivity index (χ4v) is 3.47. The Morgan fingerprint density at radius 2 is 1.77 bits per heavy atom. The van der Waals surface area contributed by atoms with E-state index in [1.54, 1.807) is 24.1 Å². The van der Waals surface area contributed by atoms with E-state index in [0.717, 1.165) is 5.39 Å². The normalized spacial score (nSPS) is 15.3. The Kier molecular flexibility index (Phi) is 6.45. The summed E-state index contributed by atoms with van der Waals surface area (Å²) >= 11 is 0. The van der Waals surface area contributed by atoms with E-state index in [1.165, 1.54) is 4.90 Å². The number of amides is 3. The van der Waals surface area contributed by atoms with Crippen molar-refractivity contribution in [3.8, 4) is 0 Å². The van der Waals surface area contributed by atoms with Crippen LogP contribution in [-0.2, 0) is 9.59 Å². The van der Waals surface area contributed by atoms with Crippen LogP contribution in [-0.4, -0.2) is 84.3 Å². The third kappa shape index (κ3) is 5.60. The monoisotopic (exact) mass is 414 g/mol. The number of hydrogen-bond acceptors (Lipinski definition) is 5. The Morgan fingerprint density at radius 1 is 1.10 bits per heavy atom. The maximum Gasteiger partial charge on any atom is 0.289 e. The lowest BCUT2D eigenvalue weighted by molar-refractivity contribution is -0.133. The van der Waals surface area contributed by atoms with Crippen LogP contribution in [0.5, 0.6) is 0 Å². The topological polar surface area (TPSA) is 86.1 Å². The van der Waals surface area contributed by atoms with Crippen molar-refractivity contribution in [1.29, 1.82) is 0 Å². The van der Waals surface area contributed by atoms with E-state index in [-0.39, 0.29) is 35.6 Å². The highest BCUT2D eigenvalue weighted by molar-refractivity contribution is 5.97. The van der Waals surface area contributed by atoms with Gasteiger partial charge in [-0.3, -0.25) is 19.3 Å². The highest BCUT2D eigenvalue weighted by atomic mass is 16.3. The van der Waals surface area contributed by atoms with Crippen molar-refractivity contribution in [3.05, 3.63) is 36.1 Å². The molecule has 8 heteroatoms. The minimum absolute atomic E-state index is 0.0135. The quantitative estimate of drug-likeness (QED) is 0.803. The molecule has 1 N–H and O–H groups in total. The lowest BCUT2D eigenvalue weighted by Crippen LogP contribution is -2.54. The smallest absolute Gasteiger partial charge is 0.289 e. The number of para-hydroxylation sites is 1. The van der Waals surface area contributed by atoms with Gasteiger partial charge in [-0.1, -0.05) is 18.2 Å². The Labute approximate surface area is 176 Å². The fraction of sp³-hybridized carbons (Fsp3) is 0.500. The first-order chi connectivity index (χ1) is 14.1. The summed E-state index contributed by atoms with van der Waals surface area (Å²) in [6.07, 6.45) is 0. The lowest BCUT2D eigenvalue weighted by Gasteiger charge is -2.35. The number of carbonyl (C=O) groups is 3. The summed E-state index contributed by atoms with van der Waals surface area (Å²) in [6.45, 7) is 8.49. The molecule has 2 aromatic rings. The van der Waals surface area contributed by atoms with Gasteiger partial charge in [0.05, 0.1) is 13.1 Å². The average molecular weight is 415 g/mol. The number of hydrogen-bond donors (Lipinski definition) is 1. The van der Waals surface area contributed by atoms with Gasteiger partial charge in [0.25, 0.3) is 5.91 Å². The SMILES string of the molecule is CN(CC(=O)N1CCN(CC(=O)NC(C)(C)C)CC1)C(=O)c1cc2ccccc2o1. The van der Waals surface area contributed by atoms with E-state index in [4.69, 9.17) is 4.42 Å². The highest BCUT2D eigenvalue weighted by Crippen LogP contribution is 2.19. The zero-order chi connectivity index (χ0) is 21.9. The van der Waals surface area contributed by atoms with Crippen LogP contribution in [0.4, 0.5) is 0 Å². The number of carbonyl (C=O) groups excluding carboxylic acids is 3. The zero-order valence-electron chi connectivity index (χ0n) is 18.1. The predicted molar refractivity (Wildman–Crippen MR) is 114 cm³/mol. The van der Waals surface area contributed by atoms with Crippen molar-refractivity contribution < 1.29 is 18.8 Å². The number of furan rings is 1. The van der Waals surface area contributed by atoms with Gasteiger partial charge in [-0.05, 0) is 32.9 Å². The van der Waals surface area contributed by atoms with E-state index < -0.39 is 0 Å². The maximum atomic E-state index is 12.6. The van der Waals surface area contributed by atoms with Crippen molar-refractivity contribution in [3.63, 3.8) is 0 Å². The number of rotatable bonds is 5. The molecule has 1 aliphatic heterocycles. The molecule has 3 amide bonds. The summed E-state index contributed by atoms with van der Waals surface area (Å²) < 4.78 is 5.60. The third-order valence-electron chi connectivity index (χ3n) is 4.96. The van der Waals surface area contributed by atoms with Gasteiger partial charge in [0.15, 0.2) is 5.76 Å². The van der Waals surface area contributed by atoms with Crippen LogP contribution in [0.3, 0.4) is 0 Å². The van der Waals surface area contributed by atoms with Crippen LogP contribution in [0.1, 0.15) is 31.3 Å². The van der Waals surface area contributed by atoms with Gasteiger partial charge in [0.2, 0.25) is 11.8 Å². The van der Waals surface area contributed by atoms with E-state index in [2.05, 4.69) is 5.32 Å². The molecular formula is C22H30N4O4. The molecule has 3 rings (SSSR count). The summed E-state index contributed by atoms with van der Waals surface area (Å²) in [5, 5.41) is 3.80. The molecular weight excluding hydrogens is 384 g/mol. The van der Waals surface area contributed by atoms with Crippen molar-refractivity contribution in [2.24, 2.45) is 0 Å². The van der Waals surface area contributed by atoms with Crippen molar-refractivity contribution in [1.82, 2.24) is 20.0 Å². The summed E-state index contributed by atoms with van der Waals surface area (Å²) in [6, 6.07) is 9.10. The molecule has 0 unspecified atom stereocenters. The zero-order valence-corrected chi connectivity index (χ0v) is 18.1. The summed E-state index contributed by atoms with van der Waals surface area (Å²) in [4.78, 5) is 42.5. The number of nitrogens with one attached hydrogen (secondary N) is 1. The molecule has 8 nitrogen and oxygen atoms in total.